The van der Waals surface area contributed by atoms with Gasteiger partial charge in [-0.3, -0.25) is 0 Å². The van der Waals surface area contributed by atoms with Gasteiger partial charge < -0.3 is 5.11 Å². The SMILES string of the molecule is C#CC(=C)/C=C\C(=C/C)c1ccc(O)cc1C. The Hall–Kier alpha value is -2.20. The summed E-state index contributed by atoms with van der Waals surface area (Å²) < 4.78 is 0. The number of aromatic hydroxyl groups is 1. The van der Waals surface area contributed by atoms with E-state index in [4.69, 9.17) is 6.42 Å². The topological polar surface area (TPSA) is 20.2 Å². The number of hydrogen-bond acceptors (Lipinski definition) is 1. The predicted molar refractivity (Wildman–Crippen MR) is 73.6 cm³/mol. The molecule has 0 atom stereocenters. The van der Waals surface area contributed by atoms with Gasteiger partial charge in [0.25, 0.3) is 0 Å². The Morgan fingerprint density at radius 3 is 2.65 bits per heavy atom. The summed E-state index contributed by atoms with van der Waals surface area (Å²) in [5, 5.41) is 9.37. The Morgan fingerprint density at radius 1 is 1.41 bits per heavy atom. The fourth-order valence-electron chi connectivity index (χ4n) is 1.55. The first-order chi connectivity index (χ1) is 8.08. The number of rotatable bonds is 3. The minimum Gasteiger partial charge on any atom is -0.508 e. The Bertz CT molecular complexity index is 525. The molecule has 1 aromatic carbocycles. The molecule has 1 heteroatoms. The van der Waals surface area contributed by atoms with E-state index in [0.717, 1.165) is 16.7 Å². The summed E-state index contributed by atoms with van der Waals surface area (Å²) in [5.74, 6) is 2.75. The second-order valence-electron chi connectivity index (χ2n) is 3.75. The van der Waals surface area contributed by atoms with Crippen molar-refractivity contribution in [3.8, 4) is 18.1 Å². The molecule has 17 heavy (non-hydrogen) atoms. The summed E-state index contributed by atoms with van der Waals surface area (Å²) in [4.78, 5) is 0. The first-order valence-electron chi connectivity index (χ1n) is 5.38. The Kier molecular flexibility index (Phi) is 4.37. The van der Waals surface area contributed by atoms with Gasteiger partial charge in [0.1, 0.15) is 5.75 Å². The zero-order chi connectivity index (χ0) is 12.8. The van der Waals surface area contributed by atoms with Crippen molar-refractivity contribution < 1.29 is 5.11 Å². The van der Waals surface area contributed by atoms with E-state index in [0.29, 0.717) is 5.57 Å². The molecule has 1 nitrogen and oxygen atoms in total. The van der Waals surface area contributed by atoms with Gasteiger partial charge in [-0.15, -0.1) is 6.42 Å². The van der Waals surface area contributed by atoms with Crippen molar-refractivity contribution in [1.82, 2.24) is 0 Å². The highest BCUT2D eigenvalue weighted by molar-refractivity contribution is 5.76. The van der Waals surface area contributed by atoms with Crippen LogP contribution in [0.25, 0.3) is 5.57 Å². The molecule has 0 unspecified atom stereocenters. The molecule has 0 radical (unpaired) electrons. The monoisotopic (exact) mass is 224 g/mol. The van der Waals surface area contributed by atoms with Gasteiger partial charge in [0.05, 0.1) is 0 Å². The minimum atomic E-state index is 0.277. The van der Waals surface area contributed by atoms with E-state index in [2.05, 4.69) is 12.5 Å². The molecule has 0 aliphatic heterocycles. The van der Waals surface area contributed by atoms with E-state index in [1.54, 1.807) is 12.1 Å². The van der Waals surface area contributed by atoms with Gasteiger partial charge in [-0.25, -0.2) is 0 Å². The van der Waals surface area contributed by atoms with Crippen molar-refractivity contribution in [1.29, 1.82) is 0 Å². The van der Waals surface area contributed by atoms with Gasteiger partial charge >= 0.3 is 0 Å². The second-order valence-corrected chi connectivity index (χ2v) is 3.75. The number of terminal acetylenes is 1. The first kappa shape index (κ1) is 12.9. The van der Waals surface area contributed by atoms with Gasteiger partial charge in [0.2, 0.25) is 0 Å². The highest BCUT2D eigenvalue weighted by atomic mass is 16.3. The maximum absolute atomic E-state index is 9.37. The lowest BCUT2D eigenvalue weighted by molar-refractivity contribution is 0.475. The predicted octanol–water partition coefficient (Wildman–Crippen LogP) is 3.85. The summed E-state index contributed by atoms with van der Waals surface area (Å²) >= 11 is 0. The molecule has 1 N–H and O–H groups in total. The molecule has 0 amide bonds. The summed E-state index contributed by atoms with van der Waals surface area (Å²) in [6, 6.07) is 5.31. The molecule has 0 saturated carbocycles. The van der Waals surface area contributed by atoms with Gasteiger partial charge in [-0.2, -0.15) is 0 Å². The fourth-order valence-corrected chi connectivity index (χ4v) is 1.55. The van der Waals surface area contributed by atoms with Crippen LogP contribution in [0.4, 0.5) is 0 Å². The molecule has 0 aliphatic rings. The van der Waals surface area contributed by atoms with Crippen molar-refractivity contribution in [2.45, 2.75) is 13.8 Å². The average molecular weight is 224 g/mol. The number of phenolic OH excluding ortho intramolecular Hbond substituents is 1. The molecule has 0 heterocycles. The summed E-state index contributed by atoms with van der Waals surface area (Å²) in [7, 11) is 0. The molecule has 0 saturated heterocycles. The lowest BCUT2D eigenvalue weighted by Crippen LogP contribution is -1.86. The van der Waals surface area contributed by atoms with Crippen molar-refractivity contribution >= 4 is 5.57 Å². The summed E-state index contributed by atoms with van der Waals surface area (Å²) in [6.07, 6.45) is 11.0. The van der Waals surface area contributed by atoms with E-state index in [1.165, 1.54) is 0 Å². The standard InChI is InChI=1S/C16H16O/c1-5-12(3)7-8-14(6-2)16-10-9-15(17)11-13(16)4/h1,6-11,17H,3H2,2,4H3/b8-7-,14-6+. The van der Waals surface area contributed by atoms with Crippen LogP contribution >= 0.6 is 0 Å². The third-order valence-corrected chi connectivity index (χ3v) is 2.48. The lowest BCUT2D eigenvalue weighted by Gasteiger charge is -2.07. The Morgan fingerprint density at radius 2 is 2.12 bits per heavy atom. The molecule has 0 bridgehead atoms. The van der Waals surface area contributed by atoms with Crippen molar-refractivity contribution in [2.75, 3.05) is 0 Å². The normalized spacial score (nSPS) is 11.5. The smallest absolute Gasteiger partial charge is 0.115 e. The van der Waals surface area contributed by atoms with E-state index in [-0.39, 0.29) is 5.75 Å². The van der Waals surface area contributed by atoms with Crippen LogP contribution < -0.4 is 0 Å². The molecule has 0 aromatic heterocycles. The number of phenols is 1. The zero-order valence-electron chi connectivity index (χ0n) is 10.2. The second kappa shape index (κ2) is 5.77. The Balaban J connectivity index is 3.09. The Labute approximate surface area is 103 Å². The summed E-state index contributed by atoms with van der Waals surface area (Å²) in [5.41, 5.74) is 3.79. The quantitative estimate of drug-likeness (QED) is 0.610. The first-order valence-corrected chi connectivity index (χ1v) is 5.38. The van der Waals surface area contributed by atoms with E-state index in [9.17, 15) is 5.11 Å². The number of aryl methyl sites for hydroxylation is 1. The maximum Gasteiger partial charge on any atom is 0.115 e. The van der Waals surface area contributed by atoms with Crippen LogP contribution in [0.1, 0.15) is 18.1 Å². The van der Waals surface area contributed by atoms with Crippen molar-refractivity contribution in [3.05, 3.63) is 59.7 Å². The molecule has 0 spiro atoms. The van der Waals surface area contributed by atoms with Gasteiger partial charge in [-0.05, 0) is 48.8 Å². The number of benzene rings is 1. The van der Waals surface area contributed by atoms with Crippen LogP contribution in [0.5, 0.6) is 5.75 Å². The van der Waals surface area contributed by atoms with E-state index >= 15 is 0 Å². The fraction of sp³-hybridized carbons (Fsp3) is 0.125. The van der Waals surface area contributed by atoms with Crippen LogP contribution in [0, 0.1) is 19.3 Å². The van der Waals surface area contributed by atoms with Crippen LogP contribution in [0.15, 0.2) is 48.6 Å². The van der Waals surface area contributed by atoms with Crippen molar-refractivity contribution in [3.63, 3.8) is 0 Å². The van der Waals surface area contributed by atoms with Crippen LogP contribution in [0.3, 0.4) is 0 Å². The van der Waals surface area contributed by atoms with E-state index in [1.807, 2.05) is 38.1 Å². The molecular formula is C16H16O. The van der Waals surface area contributed by atoms with Gasteiger partial charge in [0.15, 0.2) is 0 Å². The van der Waals surface area contributed by atoms with Gasteiger partial charge in [-0.1, -0.05) is 30.7 Å². The molecule has 1 aromatic rings. The molecule has 1 rings (SSSR count). The average Bonchev–Trinajstić information content (AvgIpc) is 2.31. The number of hydrogen-bond donors (Lipinski definition) is 1. The molecule has 0 aliphatic carbocycles. The van der Waals surface area contributed by atoms with Crippen molar-refractivity contribution in [2.24, 2.45) is 0 Å². The zero-order valence-corrected chi connectivity index (χ0v) is 10.2. The third kappa shape index (κ3) is 3.39. The van der Waals surface area contributed by atoms with Crippen LogP contribution in [-0.4, -0.2) is 5.11 Å². The molecular weight excluding hydrogens is 208 g/mol. The maximum atomic E-state index is 9.37. The third-order valence-electron chi connectivity index (χ3n) is 2.48. The largest absolute Gasteiger partial charge is 0.508 e. The van der Waals surface area contributed by atoms with Crippen LogP contribution in [-0.2, 0) is 0 Å². The van der Waals surface area contributed by atoms with Crippen LogP contribution in [0.2, 0.25) is 0 Å². The number of allylic oxidation sites excluding steroid dienone is 5. The minimum absolute atomic E-state index is 0.277. The highest BCUT2D eigenvalue weighted by Gasteiger charge is 2.02. The lowest BCUT2D eigenvalue weighted by atomic mass is 9.99. The van der Waals surface area contributed by atoms with E-state index < -0.39 is 0 Å². The molecule has 86 valence electrons. The molecule has 0 fully saturated rings. The highest BCUT2D eigenvalue weighted by Crippen LogP contribution is 2.23. The van der Waals surface area contributed by atoms with Gasteiger partial charge in [0, 0.05) is 5.57 Å². The summed E-state index contributed by atoms with van der Waals surface area (Å²) in [6.45, 7) is 7.64.